The van der Waals surface area contributed by atoms with E-state index in [0.717, 1.165) is 0 Å². The number of nitrogens with zero attached hydrogens (tertiary/aromatic N) is 1. The lowest BCUT2D eigenvalue weighted by molar-refractivity contribution is -0.138. The number of fused-ring (bicyclic) bond motifs is 2. The molecule has 1 fully saturated rings. The van der Waals surface area contributed by atoms with Crippen molar-refractivity contribution in [2.24, 2.45) is 0 Å². The summed E-state index contributed by atoms with van der Waals surface area (Å²) in [5.41, 5.74) is 0.358. The number of nitrogens with one attached hydrogen (secondary N) is 2. The van der Waals surface area contributed by atoms with E-state index in [1.165, 1.54) is 4.90 Å². The number of alkyl halides is 3. The monoisotopic (exact) mass is 375 g/mol. The summed E-state index contributed by atoms with van der Waals surface area (Å²) in [6, 6.07) is 5.02. The number of benzene rings is 1. The largest absolute Gasteiger partial charge is 0.405 e. The van der Waals surface area contributed by atoms with Crippen LogP contribution in [0.15, 0.2) is 18.2 Å². The zero-order chi connectivity index (χ0) is 18.2. The number of piperidine rings is 1. The summed E-state index contributed by atoms with van der Waals surface area (Å²) in [5, 5.41) is 5.42. The van der Waals surface area contributed by atoms with Crippen molar-refractivity contribution in [1.82, 2.24) is 10.6 Å². The van der Waals surface area contributed by atoms with Crippen LogP contribution in [0.25, 0.3) is 0 Å². The minimum absolute atomic E-state index is 0.278. The number of amides is 2. The maximum Gasteiger partial charge on any atom is 0.405 e. The van der Waals surface area contributed by atoms with E-state index in [4.69, 9.17) is 11.6 Å². The Kier molecular flexibility index (Phi) is 4.68. The van der Waals surface area contributed by atoms with Crippen LogP contribution < -0.4 is 15.5 Å². The molecule has 2 heterocycles. The van der Waals surface area contributed by atoms with Gasteiger partial charge >= 0.3 is 6.18 Å². The van der Waals surface area contributed by atoms with Gasteiger partial charge in [-0.3, -0.25) is 9.59 Å². The van der Waals surface area contributed by atoms with Crippen molar-refractivity contribution in [1.29, 1.82) is 0 Å². The number of carbonyl (C=O) groups is 2. The van der Waals surface area contributed by atoms with Gasteiger partial charge in [-0.25, -0.2) is 0 Å². The summed E-state index contributed by atoms with van der Waals surface area (Å²) in [7, 11) is 0. The average molecular weight is 376 g/mol. The highest BCUT2D eigenvalue weighted by Gasteiger charge is 2.52. The predicted octanol–water partition coefficient (Wildman–Crippen LogP) is 1.99. The smallest absolute Gasteiger partial charge is 0.345 e. The van der Waals surface area contributed by atoms with Crippen LogP contribution in [0.2, 0.25) is 5.02 Å². The van der Waals surface area contributed by atoms with Crippen LogP contribution in [0, 0.1) is 0 Å². The molecule has 0 aromatic heterocycles. The number of anilines is 1. The van der Waals surface area contributed by atoms with E-state index in [1.807, 2.05) is 0 Å². The molecule has 0 atom stereocenters. The van der Waals surface area contributed by atoms with Gasteiger partial charge in [-0.2, -0.15) is 13.2 Å². The standard InChI is InChI=1S/C16H17ClF3N3O2/c17-10-2-1-3-11-13(10)15(4-6-21-7-5-15)14(25)23(11)8-12(24)22-9-16(18,19)20/h1-3,21H,4-9H2,(H,22,24). The van der Waals surface area contributed by atoms with Gasteiger partial charge in [0.05, 0.1) is 11.1 Å². The first kappa shape index (κ1) is 18.0. The van der Waals surface area contributed by atoms with Crippen LogP contribution in [0.1, 0.15) is 18.4 Å². The second-order valence-corrected chi connectivity index (χ2v) is 6.66. The summed E-state index contributed by atoms with van der Waals surface area (Å²) >= 11 is 6.33. The molecule has 136 valence electrons. The van der Waals surface area contributed by atoms with Crippen molar-refractivity contribution in [2.45, 2.75) is 24.4 Å². The van der Waals surface area contributed by atoms with Crippen LogP contribution >= 0.6 is 11.6 Å². The lowest BCUT2D eigenvalue weighted by Gasteiger charge is -2.33. The molecular weight excluding hydrogens is 359 g/mol. The Balaban J connectivity index is 1.88. The second-order valence-electron chi connectivity index (χ2n) is 6.25. The summed E-state index contributed by atoms with van der Waals surface area (Å²) in [4.78, 5) is 26.2. The number of hydrogen-bond acceptors (Lipinski definition) is 3. The number of carbonyl (C=O) groups excluding carboxylic acids is 2. The van der Waals surface area contributed by atoms with Crippen molar-refractivity contribution in [3.8, 4) is 0 Å². The summed E-state index contributed by atoms with van der Waals surface area (Å²) < 4.78 is 36.8. The molecule has 0 aliphatic carbocycles. The third-order valence-corrected chi connectivity index (χ3v) is 4.98. The van der Waals surface area contributed by atoms with Gasteiger partial charge in [-0.1, -0.05) is 17.7 Å². The van der Waals surface area contributed by atoms with E-state index >= 15 is 0 Å². The molecule has 2 aliphatic heterocycles. The first-order valence-corrected chi connectivity index (χ1v) is 8.27. The Morgan fingerprint density at radius 3 is 2.64 bits per heavy atom. The SMILES string of the molecule is O=C(CN1C(=O)C2(CCNCC2)c2c(Cl)cccc21)NCC(F)(F)F. The molecule has 2 aliphatic rings. The zero-order valence-corrected chi connectivity index (χ0v) is 14.0. The molecular formula is C16H17ClF3N3O2. The van der Waals surface area contributed by atoms with Gasteiger partial charge in [0.1, 0.15) is 13.1 Å². The lowest BCUT2D eigenvalue weighted by atomic mass is 9.74. The first-order valence-electron chi connectivity index (χ1n) is 7.90. The van der Waals surface area contributed by atoms with Gasteiger partial charge < -0.3 is 15.5 Å². The molecule has 2 N–H and O–H groups in total. The van der Waals surface area contributed by atoms with E-state index in [1.54, 1.807) is 23.5 Å². The molecule has 25 heavy (non-hydrogen) atoms. The van der Waals surface area contributed by atoms with Crippen LogP contribution in [0.3, 0.4) is 0 Å². The van der Waals surface area contributed by atoms with Gasteiger partial charge in [0.25, 0.3) is 0 Å². The van der Waals surface area contributed by atoms with Gasteiger partial charge in [-0.15, -0.1) is 0 Å². The first-order chi connectivity index (χ1) is 11.7. The molecule has 2 amide bonds. The van der Waals surface area contributed by atoms with E-state index < -0.39 is 30.6 Å². The van der Waals surface area contributed by atoms with E-state index in [0.29, 0.717) is 42.2 Å². The molecule has 0 unspecified atom stereocenters. The second kappa shape index (κ2) is 6.49. The molecule has 0 bridgehead atoms. The normalized spacial score (nSPS) is 19.2. The summed E-state index contributed by atoms with van der Waals surface area (Å²) in [6.45, 7) is -0.627. The topological polar surface area (TPSA) is 61.4 Å². The van der Waals surface area contributed by atoms with Crippen molar-refractivity contribution in [2.75, 3.05) is 31.1 Å². The molecule has 1 aromatic carbocycles. The van der Waals surface area contributed by atoms with Crippen molar-refractivity contribution in [3.05, 3.63) is 28.8 Å². The Bertz CT molecular complexity index is 702. The van der Waals surface area contributed by atoms with Crippen molar-refractivity contribution < 1.29 is 22.8 Å². The fourth-order valence-corrected chi connectivity index (χ4v) is 3.91. The maximum absolute atomic E-state index is 13.1. The molecule has 1 saturated heterocycles. The van der Waals surface area contributed by atoms with Crippen molar-refractivity contribution >= 4 is 29.1 Å². The Hall–Kier alpha value is -1.80. The van der Waals surface area contributed by atoms with Gasteiger partial charge in [-0.05, 0) is 38.1 Å². The Morgan fingerprint density at radius 2 is 2.00 bits per heavy atom. The van der Waals surface area contributed by atoms with Crippen LogP contribution in [0.4, 0.5) is 18.9 Å². The van der Waals surface area contributed by atoms with Crippen LogP contribution in [-0.4, -0.2) is 44.2 Å². The highest BCUT2D eigenvalue weighted by Crippen LogP contribution is 2.49. The number of hydrogen-bond donors (Lipinski definition) is 2. The number of rotatable bonds is 3. The Labute approximate surface area is 147 Å². The molecule has 1 aromatic rings. The van der Waals surface area contributed by atoms with Crippen LogP contribution in [-0.2, 0) is 15.0 Å². The molecule has 0 radical (unpaired) electrons. The van der Waals surface area contributed by atoms with Crippen molar-refractivity contribution in [3.63, 3.8) is 0 Å². The molecule has 9 heteroatoms. The van der Waals surface area contributed by atoms with E-state index in [-0.39, 0.29) is 5.91 Å². The average Bonchev–Trinajstić information content (AvgIpc) is 2.77. The fourth-order valence-electron chi connectivity index (χ4n) is 3.56. The third kappa shape index (κ3) is 3.32. The highest BCUT2D eigenvalue weighted by molar-refractivity contribution is 6.33. The van der Waals surface area contributed by atoms with Gasteiger partial charge in [0.2, 0.25) is 11.8 Å². The Morgan fingerprint density at radius 1 is 1.32 bits per heavy atom. The van der Waals surface area contributed by atoms with E-state index in [2.05, 4.69) is 5.32 Å². The predicted molar refractivity (Wildman–Crippen MR) is 86.7 cm³/mol. The summed E-state index contributed by atoms with van der Waals surface area (Å²) in [6.07, 6.45) is -3.44. The lowest BCUT2D eigenvalue weighted by Crippen LogP contribution is -2.49. The van der Waals surface area contributed by atoms with Crippen LogP contribution in [0.5, 0.6) is 0 Å². The number of halogens is 4. The quantitative estimate of drug-likeness (QED) is 0.849. The zero-order valence-electron chi connectivity index (χ0n) is 13.3. The molecule has 5 nitrogen and oxygen atoms in total. The molecule has 0 saturated carbocycles. The molecule has 1 spiro atoms. The summed E-state index contributed by atoms with van der Waals surface area (Å²) in [5.74, 6) is -1.14. The maximum atomic E-state index is 13.1. The van der Waals surface area contributed by atoms with Gasteiger partial charge in [0.15, 0.2) is 0 Å². The molecule has 3 rings (SSSR count). The third-order valence-electron chi connectivity index (χ3n) is 4.66. The van der Waals surface area contributed by atoms with E-state index in [9.17, 15) is 22.8 Å². The highest BCUT2D eigenvalue weighted by atomic mass is 35.5. The minimum Gasteiger partial charge on any atom is -0.345 e. The fraction of sp³-hybridized carbons (Fsp3) is 0.500. The van der Waals surface area contributed by atoms with Gasteiger partial charge in [0, 0.05) is 10.6 Å². The minimum atomic E-state index is -4.50.